The summed E-state index contributed by atoms with van der Waals surface area (Å²) in [5.41, 5.74) is 1.73. The number of aromatic nitrogens is 3. The average molecular weight is 345 g/mol. The standard InChI is InChI=1S/C18H23N3O2S/c1-13-19-20-18(21(13)16-6-4-3-5-7-16)24-12-14-8-10-15(11-9-14)17(22)23-2/h8-11,16H,3-7,12H2,1-2H3. The van der Waals surface area contributed by atoms with Crippen LogP contribution < -0.4 is 0 Å². The van der Waals surface area contributed by atoms with Crippen molar-refractivity contribution in [3.63, 3.8) is 0 Å². The predicted octanol–water partition coefficient (Wildman–Crippen LogP) is 4.17. The molecule has 0 saturated heterocycles. The Balaban J connectivity index is 1.67. The lowest BCUT2D eigenvalue weighted by Gasteiger charge is -2.25. The van der Waals surface area contributed by atoms with Crippen LogP contribution in [0.15, 0.2) is 29.4 Å². The van der Waals surface area contributed by atoms with E-state index in [0.717, 1.165) is 22.3 Å². The van der Waals surface area contributed by atoms with Gasteiger partial charge in [0, 0.05) is 11.8 Å². The molecule has 0 atom stereocenters. The molecule has 0 radical (unpaired) electrons. The van der Waals surface area contributed by atoms with Gasteiger partial charge in [-0.05, 0) is 37.5 Å². The summed E-state index contributed by atoms with van der Waals surface area (Å²) in [6.45, 7) is 2.04. The van der Waals surface area contributed by atoms with Crippen molar-refractivity contribution < 1.29 is 9.53 Å². The lowest BCUT2D eigenvalue weighted by atomic mass is 9.95. The first kappa shape index (κ1) is 17.0. The minimum atomic E-state index is -0.304. The van der Waals surface area contributed by atoms with Gasteiger partial charge in [0.05, 0.1) is 12.7 Å². The summed E-state index contributed by atoms with van der Waals surface area (Å²) in [6.07, 6.45) is 6.37. The third-order valence-corrected chi connectivity index (χ3v) is 5.53. The molecule has 1 aromatic heterocycles. The molecule has 0 aliphatic heterocycles. The maximum atomic E-state index is 11.5. The average Bonchev–Trinajstić information content (AvgIpc) is 3.01. The Morgan fingerprint density at radius 3 is 2.58 bits per heavy atom. The van der Waals surface area contributed by atoms with E-state index in [1.807, 2.05) is 19.1 Å². The number of carbonyl (C=O) groups is 1. The van der Waals surface area contributed by atoms with E-state index >= 15 is 0 Å². The molecule has 5 nitrogen and oxygen atoms in total. The molecule has 1 aliphatic carbocycles. The van der Waals surface area contributed by atoms with E-state index < -0.39 is 0 Å². The summed E-state index contributed by atoms with van der Waals surface area (Å²) in [5, 5.41) is 9.65. The minimum Gasteiger partial charge on any atom is -0.465 e. The number of esters is 1. The molecular formula is C18H23N3O2S. The smallest absolute Gasteiger partial charge is 0.337 e. The van der Waals surface area contributed by atoms with Crippen LogP contribution >= 0.6 is 11.8 Å². The van der Waals surface area contributed by atoms with Gasteiger partial charge >= 0.3 is 5.97 Å². The second kappa shape index (κ2) is 7.83. The van der Waals surface area contributed by atoms with Gasteiger partial charge in [-0.2, -0.15) is 0 Å². The van der Waals surface area contributed by atoms with Crippen molar-refractivity contribution in [2.24, 2.45) is 0 Å². The fourth-order valence-corrected chi connectivity index (χ4v) is 4.22. The summed E-state index contributed by atoms with van der Waals surface area (Å²) >= 11 is 1.71. The van der Waals surface area contributed by atoms with Crippen molar-refractivity contribution in [1.82, 2.24) is 14.8 Å². The quantitative estimate of drug-likeness (QED) is 0.601. The van der Waals surface area contributed by atoms with Crippen molar-refractivity contribution in [3.05, 3.63) is 41.2 Å². The first-order valence-corrected chi connectivity index (χ1v) is 9.39. The zero-order valence-corrected chi connectivity index (χ0v) is 15.0. The Hall–Kier alpha value is -1.82. The van der Waals surface area contributed by atoms with Gasteiger partial charge in [0.15, 0.2) is 5.16 Å². The zero-order chi connectivity index (χ0) is 16.9. The predicted molar refractivity (Wildman–Crippen MR) is 94.2 cm³/mol. The highest BCUT2D eigenvalue weighted by molar-refractivity contribution is 7.98. The van der Waals surface area contributed by atoms with E-state index in [2.05, 4.69) is 14.8 Å². The Morgan fingerprint density at radius 1 is 1.21 bits per heavy atom. The summed E-state index contributed by atoms with van der Waals surface area (Å²) in [5.74, 6) is 1.51. The molecule has 0 bridgehead atoms. The SMILES string of the molecule is COC(=O)c1ccc(CSc2nnc(C)n2C2CCCCC2)cc1. The number of rotatable bonds is 5. The summed E-state index contributed by atoms with van der Waals surface area (Å²) in [6, 6.07) is 8.08. The fourth-order valence-electron chi connectivity index (χ4n) is 3.21. The van der Waals surface area contributed by atoms with Crippen LogP contribution in [0.5, 0.6) is 0 Å². The highest BCUT2D eigenvalue weighted by Gasteiger charge is 2.21. The molecule has 1 aromatic carbocycles. The van der Waals surface area contributed by atoms with Crippen LogP contribution in [-0.2, 0) is 10.5 Å². The molecule has 1 saturated carbocycles. The first-order chi connectivity index (χ1) is 11.7. The molecule has 128 valence electrons. The molecule has 2 aromatic rings. The largest absolute Gasteiger partial charge is 0.465 e. The number of hydrogen-bond acceptors (Lipinski definition) is 5. The fraction of sp³-hybridized carbons (Fsp3) is 0.500. The van der Waals surface area contributed by atoms with Crippen molar-refractivity contribution in [1.29, 1.82) is 0 Å². The molecule has 24 heavy (non-hydrogen) atoms. The van der Waals surface area contributed by atoms with Crippen LogP contribution in [0.1, 0.15) is 59.9 Å². The number of carbonyl (C=O) groups excluding carboxylic acids is 1. The maximum absolute atomic E-state index is 11.5. The van der Waals surface area contributed by atoms with E-state index in [1.165, 1.54) is 39.2 Å². The third-order valence-electron chi connectivity index (χ3n) is 4.52. The molecule has 1 heterocycles. The van der Waals surface area contributed by atoms with Crippen molar-refractivity contribution in [2.75, 3.05) is 7.11 Å². The minimum absolute atomic E-state index is 0.304. The Labute approximate surface area is 146 Å². The van der Waals surface area contributed by atoms with E-state index in [-0.39, 0.29) is 5.97 Å². The van der Waals surface area contributed by atoms with Crippen LogP contribution in [0.4, 0.5) is 0 Å². The molecule has 1 fully saturated rings. The molecule has 1 aliphatic rings. The molecule has 6 heteroatoms. The van der Waals surface area contributed by atoms with Gasteiger partial charge in [-0.15, -0.1) is 10.2 Å². The van der Waals surface area contributed by atoms with Crippen molar-refractivity contribution in [3.8, 4) is 0 Å². The van der Waals surface area contributed by atoms with Gasteiger partial charge in [-0.25, -0.2) is 4.79 Å². The van der Waals surface area contributed by atoms with Crippen LogP contribution in [-0.4, -0.2) is 27.8 Å². The Morgan fingerprint density at radius 2 is 1.92 bits per heavy atom. The van der Waals surface area contributed by atoms with Gasteiger partial charge < -0.3 is 9.30 Å². The second-order valence-corrected chi connectivity index (χ2v) is 7.11. The topological polar surface area (TPSA) is 57.0 Å². The number of nitrogens with zero attached hydrogens (tertiary/aromatic N) is 3. The first-order valence-electron chi connectivity index (χ1n) is 8.40. The highest BCUT2D eigenvalue weighted by Crippen LogP contribution is 2.33. The number of aryl methyl sites for hydroxylation is 1. The van der Waals surface area contributed by atoms with Crippen LogP contribution in [0.3, 0.4) is 0 Å². The number of methoxy groups -OCH3 is 1. The van der Waals surface area contributed by atoms with E-state index in [9.17, 15) is 4.79 Å². The van der Waals surface area contributed by atoms with Gasteiger partial charge in [0.1, 0.15) is 5.82 Å². The lowest BCUT2D eigenvalue weighted by Crippen LogP contribution is -2.15. The summed E-state index contributed by atoms with van der Waals surface area (Å²) < 4.78 is 7.04. The highest BCUT2D eigenvalue weighted by atomic mass is 32.2. The number of hydrogen-bond donors (Lipinski definition) is 0. The molecule has 0 unspecified atom stereocenters. The van der Waals surface area contributed by atoms with Crippen LogP contribution in [0.2, 0.25) is 0 Å². The maximum Gasteiger partial charge on any atom is 0.337 e. The molecular weight excluding hydrogens is 322 g/mol. The molecule has 0 spiro atoms. The Bertz CT molecular complexity index is 691. The normalized spacial score (nSPS) is 15.4. The van der Waals surface area contributed by atoms with E-state index in [0.29, 0.717) is 11.6 Å². The van der Waals surface area contributed by atoms with E-state index in [4.69, 9.17) is 4.74 Å². The second-order valence-electron chi connectivity index (χ2n) is 6.17. The Kier molecular flexibility index (Phi) is 5.56. The van der Waals surface area contributed by atoms with Crippen molar-refractivity contribution in [2.45, 2.75) is 56.0 Å². The van der Waals surface area contributed by atoms with Gasteiger partial charge in [0.2, 0.25) is 0 Å². The van der Waals surface area contributed by atoms with E-state index in [1.54, 1.807) is 23.9 Å². The van der Waals surface area contributed by atoms with Gasteiger partial charge in [-0.3, -0.25) is 0 Å². The summed E-state index contributed by atoms with van der Waals surface area (Å²) in [7, 11) is 1.40. The number of benzene rings is 1. The third kappa shape index (κ3) is 3.80. The van der Waals surface area contributed by atoms with Crippen LogP contribution in [0.25, 0.3) is 0 Å². The lowest BCUT2D eigenvalue weighted by molar-refractivity contribution is 0.0600. The molecule has 0 N–H and O–H groups in total. The monoisotopic (exact) mass is 345 g/mol. The molecule has 0 amide bonds. The molecule has 3 rings (SSSR count). The van der Waals surface area contributed by atoms with Gasteiger partial charge in [0.25, 0.3) is 0 Å². The zero-order valence-electron chi connectivity index (χ0n) is 14.2. The van der Waals surface area contributed by atoms with Crippen molar-refractivity contribution >= 4 is 17.7 Å². The number of ether oxygens (including phenoxy) is 1. The van der Waals surface area contributed by atoms with Gasteiger partial charge in [-0.1, -0.05) is 43.2 Å². The number of thioether (sulfide) groups is 1. The van der Waals surface area contributed by atoms with Crippen LogP contribution in [0, 0.1) is 6.92 Å². The summed E-state index contributed by atoms with van der Waals surface area (Å²) in [4.78, 5) is 11.5.